The lowest BCUT2D eigenvalue weighted by Gasteiger charge is -2.38. The molecule has 4 amide bonds. The summed E-state index contributed by atoms with van der Waals surface area (Å²) in [5.41, 5.74) is 10.0. The van der Waals surface area contributed by atoms with Gasteiger partial charge in [-0.3, -0.25) is 33.6 Å². The van der Waals surface area contributed by atoms with Crippen LogP contribution in [0, 0.1) is 23.1 Å². The smallest absolute Gasteiger partial charge is 0.246 e. The molecular weight excluding hydrogens is 1080 g/mol. The largest absolute Gasteiger partial charge is 0.382 e. The molecule has 4 fully saturated rings. The number of nitrogen functional groups attached to an aromatic ring is 1. The van der Waals surface area contributed by atoms with E-state index in [9.17, 15) is 33.6 Å². The van der Waals surface area contributed by atoms with Crippen LogP contribution >= 0.6 is 11.8 Å². The molecule has 2 aromatic heterocycles. The third-order valence-electron chi connectivity index (χ3n) is 16.7. The quantitative estimate of drug-likeness (QED) is 0.0890. The Morgan fingerprint density at radius 2 is 1.70 bits per heavy atom. The summed E-state index contributed by atoms with van der Waals surface area (Å²) in [6.45, 7) is 11.1. The van der Waals surface area contributed by atoms with Crippen LogP contribution in [0.3, 0.4) is 0 Å². The highest BCUT2D eigenvalue weighted by atomic mass is 32.2. The molecule has 0 radical (unpaired) electrons. The lowest BCUT2D eigenvalue weighted by Crippen LogP contribution is -2.58. The molecule has 20 nitrogen and oxygen atoms in total. The summed E-state index contributed by atoms with van der Waals surface area (Å²) in [6.07, 6.45) is 12.1. The molecule has 9 rings (SSSR count). The normalized spacial score (nSPS) is 22.5. The number of halogens is 2. The molecule has 2 bridgehead atoms. The molecular formula is C60H77F2N13O7S. The predicted molar refractivity (Wildman–Crippen MR) is 313 cm³/mol. The maximum absolute atomic E-state index is 15.1. The number of rotatable bonds is 21. The number of likely N-dealkylation sites (tertiary alicyclic amines) is 2. The first-order valence-corrected chi connectivity index (χ1v) is 30.0. The van der Waals surface area contributed by atoms with E-state index in [4.69, 9.17) is 25.3 Å². The standard InChI is InChI=1S/C60H77F2N13O7S/c1-38-32-44(62)8-5-11-53(77)74(45-16-17-45)36-46-54(42-33-50(57(64)66-35-42)72-21-6-9-48(38)72)51(34-63)75(69-46)26-25-70(4)52(76)20-28-81-30-31-82-29-27-71-23-18-40(19-24-71)55(68-58(79)39(2)65-3)60(80)73-22-7-10-49(73)59-67-47(37-83-59)56(78)41-12-14-43(61)15-13-41/h5,8,12-15,32-33,35,39-40,45,47-49,55,65H,1,6-7,9-11,16-31,36-37H2,2-4H3,(H2,64,66)(H,68,79)/b8-5-,44-32+/t39-,47?,48-,49-,55-/m1/s1. The highest BCUT2D eigenvalue weighted by Gasteiger charge is 2.43. The summed E-state index contributed by atoms with van der Waals surface area (Å²) in [4.78, 5) is 87.0. The van der Waals surface area contributed by atoms with Gasteiger partial charge in [-0.2, -0.15) is 10.4 Å². The van der Waals surface area contributed by atoms with Crippen LogP contribution < -0.4 is 21.3 Å². The van der Waals surface area contributed by atoms with E-state index < -0.39 is 29.8 Å². The van der Waals surface area contributed by atoms with Crippen molar-refractivity contribution in [1.29, 1.82) is 5.26 Å². The minimum Gasteiger partial charge on any atom is -0.382 e. The molecule has 7 heterocycles. The van der Waals surface area contributed by atoms with Gasteiger partial charge in [0.05, 0.1) is 80.5 Å². The lowest BCUT2D eigenvalue weighted by molar-refractivity contribution is -0.138. The summed E-state index contributed by atoms with van der Waals surface area (Å²) in [6, 6.07) is 7.37. The summed E-state index contributed by atoms with van der Waals surface area (Å²) in [5.74, 6) is -1.15. The van der Waals surface area contributed by atoms with Crippen LogP contribution in [0.4, 0.5) is 20.3 Å². The number of amides is 4. The zero-order chi connectivity index (χ0) is 58.7. The molecule has 4 N–H and O–H groups in total. The van der Waals surface area contributed by atoms with Gasteiger partial charge < -0.3 is 50.3 Å². The highest BCUT2D eigenvalue weighted by Crippen LogP contribution is 2.39. The van der Waals surface area contributed by atoms with Crippen LogP contribution in [0.2, 0.25) is 0 Å². The molecule has 5 aliphatic heterocycles. The average molecular weight is 1160 g/mol. The summed E-state index contributed by atoms with van der Waals surface area (Å²) in [7, 11) is 3.40. The number of ketones is 1. The second-order valence-corrected chi connectivity index (χ2v) is 23.3. The van der Waals surface area contributed by atoms with Gasteiger partial charge in [-0.15, -0.1) is 11.8 Å². The Bertz CT molecular complexity index is 3010. The number of hydrogen-bond donors (Lipinski definition) is 3. The Balaban J connectivity index is 0.732. The molecule has 23 heteroatoms. The number of piperidine rings is 1. The first-order valence-electron chi connectivity index (χ1n) is 29.1. The molecule has 3 saturated heterocycles. The number of pyridine rings is 1. The van der Waals surface area contributed by atoms with Crippen molar-refractivity contribution in [2.45, 2.75) is 120 Å². The number of thioether (sulfide) groups is 1. The van der Waals surface area contributed by atoms with E-state index in [2.05, 4.69) is 38.1 Å². The van der Waals surface area contributed by atoms with Crippen molar-refractivity contribution < 1.29 is 42.2 Å². The van der Waals surface area contributed by atoms with Crippen LogP contribution in [-0.2, 0) is 41.7 Å². The first kappa shape index (κ1) is 60.7. The van der Waals surface area contributed by atoms with Crippen LogP contribution in [0.1, 0.15) is 92.9 Å². The number of likely N-dealkylation sites (N-methyl/N-ethyl adjacent to an activating group) is 2. The molecule has 1 unspecified atom stereocenters. The Hall–Kier alpha value is -6.84. The van der Waals surface area contributed by atoms with Gasteiger partial charge >= 0.3 is 0 Å². The number of ether oxygens (including phenoxy) is 2. The number of fused-ring (bicyclic) bond motifs is 6. The van der Waals surface area contributed by atoms with E-state index >= 15 is 4.39 Å². The van der Waals surface area contributed by atoms with Gasteiger partial charge in [0.25, 0.3) is 0 Å². The van der Waals surface area contributed by atoms with Gasteiger partial charge in [-0.1, -0.05) is 12.7 Å². The Labute approximate surface area is 488 Å². The number of nitrogens with one attached hydrogen (secondary N) is 2. The fourth-order valence-electron chi connectivity index (χ4n) is 11.7. The highest BCUT2D eigenvalue weighted by molar-refractivity contribution is 8.14. The number of anilines is 2. The fraction of sp³-hybridized carbons (Fsp3) is 0.550. The van der Waals surface area contributed by atoms with Gasteiger partial charge in [0.1, 0.15) is 41.3 Å². The van der Waals surface area contributed by atoms with E-state index in [0.717, 1.165) is 50.2 Å². The van der Waals surface area contributed by atoms with Crippen molar-refractivity contribution >= 4 is 57.7 Å². The van der Waals surface area contributed by atoms with E-state index in [0.29, 0.717) is 98.1 Å². The zero-order valence-corrected chi connectivity index (χ0v) is 48.6. The number of nitrogens with two attached hydrogens (primary N) is 1. The number of Topliss-reactive ketones (excluding diaryl/α,β-unsaturated/α-hetero) is 1. The number of allylic oxidation sites excluding steroid dienone is 2. The SMILES string of the molecule is C=C1/C=C(F)\C=C/CC(=O)N(C2CC2)Cc2nn(CCN(C)C(=O)CCOCCOCCN3CCC([C@@H](NC(=O)[C@@H](C)NC)C(=O)N4CCC[C@@H]4C4=NC(C(=O)c5ccc(F)cc5)CS4)CC3)c(C#N)c2-c2cnc(N)c(c2)N2CCC[C@H]12. The Morgan fingerprint density at radius 1 is 0.964 bits per heavy atom. The van der Waals surface area contributed by atoms with Crippen molar-refractivity contribution in [3.8, 4) is 17.2 Å². The summed E-state index contributed by atoms with van der Waals surface area (Å²) >= 11 is 1.48. The zero-order valence-electron chi connectivity index (χ0n) is 47.8. The number of nitriles is 1. The molecule has 1 aromatic carbocycles. The fourth-order valence-corrected chi connectivity index (χ4v) is 12.9. The number of aromatic nitrogens is 3. The van der Waals surface area contributed by atoms with Crippen LogP contribution in [-0.4, -0.2) is 191 Å². The van der Waals surface area contributed by atoms with Crippen molar-refractivity contribution in [2.75, 3.05) is 96.2 Å². The van der Waals surface area contributed by atoms with E-state index in [1.54, 1.807) is 41.7 Å². The van der Waals surface area contributed by atoms with Crippen molar-refractivity contribution in [3.63, 3.8) is 0 Å². The number of benzene rings is 1. The number of carbonyl (C=O) groups is 5. The minimum atomic E-state index is -0.723. The number of hydrogen-bond acceptors (Lipinski definition) is 16. The van der Waals surface area contributed by atoms with E-state index in [1.807, 2.05) is 11.0 Å². The van der Waals surface area contributed by atoms with Gasteiger partial charge in [-0.05, 0) is 132 Å². The van der Waals surface area contributed by atoms with Gasteiger partial charge in [0.15, 0.2) is 5.78 Å². The van der Waals surface area contributed by atoms with Crippen molar-refractivity contribution in [2.24, 2.45) is 10.9 Å². The molecule has 83 heavy (non-hydrogen) atoms. The average Bonchev–Trinajstić information content (AvgIpc) is 4.14. The summed E-state index contributed by atoms with van der Waals surface area (Å²) < 4.78 is 42.0. The maximum Gasteiger partial charge on any atom is 0.246 e. The molecule has 5 atom stereocenters. The number of nitrogens with zero attached hydrogens (tertiary/aromatic N) is 10. The second-order valence-electron chi connectivity index (χ2n) is 22.3. The van der Waals surface area contributed by atoms with E-state index in [1.165, 1.54) is 54.3 Å². The van der Waals surface area contributed by atoms with Crippen molar-refractivity contribution in [1.82, 2.24) is 45.0 Å². The third-order valence-corrected chi connectivity index (χ3v) is 17.9. The molecule has 1 aliphatic carbocycles. The van der Waals surface area contributed by atoms with Crippen LogP contribution in [0.15, 0.2) is 77.7 Å². The van der Waals surface area contributed by atoms with Crippen molar-refractivity contribution in [3.05, 3.63) is 95.5 Å². The monoisotopic (exact) mass is 1160 g/mol. The number of aliphatic imine (C=N–C) groups is 1. The van der Waals surface area contributed by atoms with Gasteiger partial charge in [0.2, 0.25) is 23.6 Å². The van der Waals surface area contributed by atoms with Gasteiger partial charge in [0, 0.05) is 74.3 Å². The van der Waals surface area contributed by atoms with Gasteiger partial charge in [-0.25, -0.2) is 13.8 Å². The Kier molecular flexibility index (Phi) is 20.6. The summed E-state index contributed by atoms with van der Waals surface area (Å²) in [5, 5.41) is 22.5. The van der Waals surface area contributed by atoms with Crippen LogP contribution in [0.25, 0.3) is 11.1 Å². The topological polar surface area (TPSA) is 237 Å². The molecule has 3 aromatic rings. The van der Waals surface area contributed by atoms with E-state index in [-0.39, 0.29) is 104 Å². The molecule has 6 aliphatic rings. The first-order chi connectivity index (χ1) is 40.1. The Morgan fingerprint density at radius 3 is 2.43 bits per heavy atom. The number of carbonyl (C=O) groups excluding carboxylic acids is 5. The molecule has 0 spiro atoms. The van der Waals surface area contributed by atoms with Crippen LogP contribution in [0.5, 0.6) is 0 Å². The second kappa shape index (κ2) is 28.2. The molecule has 444 valence electrons. The lowest BCUT2D eigenvalue weighted by atomic mass is 9.88. The predicted octanol–water partition coefficient (Wildman–Crippen LogP) is 5.44. The maximum atomic E-state index is 15.1. The minimum absolute atomic E-state index is 0.00567. The third kappa shape index (κ3) is 14.9. The molecule has 1 saturated carbocycles.